The Balaban J connectivity index is 2.41. The van der Waals surface area contributed by atoms with E-state index in [2.05, 4.69) is 21.2 Å². The average Bonchev–Trinajstić information content (AvgIpc) is 2.20. The van der Waals surface area contributed by atoms with Crippen LogP contribution in [0.25, 0.3) is 0 Å². The van der Waals surface area contributed by atoms with Crippen LogP contribution >= 0.6 is 15.9 Å². The normalized spacial score (nSPS) is 11.4. The lowest BCUT2D eigenvalue weighted by Gasteiger charge is -2.19. The maximum Gasteiger partial charge on any atom is 0.310 e. The highest BCUT2D eigenvalue weighted by Gasteiger charge is 2.26. The molecule has 2 N–H and O–H groups in total. The molecular weight excluding hydrogens is 270 g/mol. The molecule has 0 aliphatic rings. The van der Waals surface area contributed by atoms with Crippen LogP contribution in [-0.2, 0) is 11.3 Å². The summed E-state index contributed by atoms with van der Waals surface area (Å²) in [5.74, 6) is -0.782. The summed E-state index contributed by atoms with van der Waals surface area (Å²) in [5.41, 5.74) is 0.416. The molecule has 88 valence electrons. The van der Waals surface area contributed by atoms with Crippen molar-refractivity contribution >= 4 is 21.9 Å². The van der Waals surface area contributed by atoms with Crippen molar-refractivity contribution in [3.63, 3.8) is 0 Å². The molecule has 0 radical (unpaired) electrons. The number of rotatable bonds is 5. The van der Waals surface area contributed by atoms with E-state index in [-0.39, 0.29) is 0 Å². The first-order valence-electron chi connectivity index (χ1n) is 5.10. The van der Waals surface area contributed by atoms with Gasteiger partial charge >= 0.3 is 5.97 Å². The summed E-state index contributed by atoms with van der Waals surface area (Å²) in [7, 11) is 0. The minimum Gasteiger partial charge on any atom is -0.481 e. The molecule has 1 rings (SSSR count). The van der Waals surface area contributed by atoms with Crippen LogP contribution in [0, 0.1) is 5.41 Å². The van der Waals surface area contributed by atoms with E-state index in [1.54, 1.807) is 13.8 Å². The predicted octanol–water partition coefficient (Wildman–Crippen LogP) is 2.65. The molecule has 1 aromatic carbocycles. The van der Waals surface area contributed by atoms with Gasteiger partial charge in [0.05, 0.1) is 5.41 Å². The molecule has 0 aliphatic heterocycles. The van der Waals surface area contributed by atoms with Crippen molar-refractivity contribution in [3.8, 4) is 0 Å². The summed E-state index contributed by atoms with van der Waals surface area (Å²) in [6.45, 7) is 4.57. The first-order chi connectivity index (χ1) is 7.42. The van der Waals surface area contributed by atoms with E-state index < -0.39 is 11.4 Å². The van der Waals surface area contributed by atoms with Gasteiger partial charge in [-0.2, -0.15) is 0 Å². The largest absolute Gasteiger partial charge is 0.481 e. The van der Waals surface area contributed by atoms with Gasteiger partial charge < -0.3 is 10.4 Å². The van der Waals surface area contributed by atoms with Crippen LogP contribution in [0.2, 0.25) is 0 Å². The Morgan fingerprint density at radius 2 is 1.94 bits per heavy atom. The summed E-state index contributed by atoms with van der Waals surface area (Å²) >= 11 is 3.37. The fraction of sp³-hybridized carbons (Fsp3) is 0.417. The van der Waals surface area contributed by atoms with Gasteiger partial charge in [-0.05, 0) is 31.5 Å². The summed E-state index contributed by atoms with van der Waals surface area (Å²) in [4.78, 5) is 10.9. The Kier molecular flexibility index (Phi) is 4.50. The number of hydrogen-bond donors (Lipinski definition) is 2. The molecule has 0 heterocycles. The topological polar surface area (TPSA) is 49.3 Å². The van der Waals surface area contributed by atoms with E-state index in [1.165, 1.54) is 0 Å². The van der Waals surface area contributed by atoms with Gasteiger partial charge in [-0.15, -0.1) is 0 Å². The molecule has 0 aliphatic carbocycles. The van der Waals surface area contributed by atoms with Gasteiger partial charge in [0.1, 0.15) is 0 Å². The lowest BCUT2D eigenvalue weighted by molar-refractivity contribution is -0.146. The third-order valence-corrected chi connectivity index (χ3v) is 2.92. The van der Waals surface area contributed by atoms with Crippen LogP contribution in [0.4, 0.5) is 0 Å². The first kappa shape index (κ1) is 13.2. The number of carbonyl (C=O) groups is 1. The molecule has 16 heavy (non-hydrogen) atoms. The molecule has 4 heteroatoms. The molecule has 3 nitrogen and oxygen atoms in total. The van der Waals surface area contributed by atoms with Crippen LogP contribution in [0.1, 0.15) is 19.4 Å². The summed E-state index contributed by atoms with van der Waals surface area (Å²) in [5, 5.41) is 12.1. The highest BCUT2D eigenvalue weighted by Crippen LogP contribution is 2.14. The summed E-state index contributed by atoms with van der Waals surface area (Å²) < 4.78 is 1.04. The molecule has 0 fully saturated rings. The fourth-order valence-corrected chi connectivity index (χ4v) is 1.46. The van der Waals surface area contributed by atoms with Crippen molar-refractivity contribution in [3.05, 3.63) is 34.3 Å². The number of halogens is 1. The van der Waals surface area contributed by atoms with E-state index in [1.807, 2.05) is 24.3 Å². The van der Waals surface area contributed by atoms with E-state index in [9.17, 15) is 4.79 Å². The second-order valence-electron chi connectivity index (χ2n) is 4.42. The smallest absolute Gasteiger partial charge is 0.310 e. The molecular formula is C12H16BrNO2. The first-order valence-corrected chi connectivity index (χ1v) is 5.90. The zero-order valence-electron chi connectivity index (χ0n) is 9.46. The molecule has 0 saturated heterocycles. The number of carboxylic acids is 1. The van der Waals surface area contributed by atoms with Crippen molar-refractivity contribution in [1.29, 1.82) is 0 Å². The quantitative estimate of drug-likeness (QED) is 0.875. The van der Waals surface area contributed by atoms with Gasteiger partial charge in [0.2, 0.25) is 0 Å². The van der Waals surface area contributed by atoms with Crippen LogP contribution in [-0.4, -0.2) is 17.6 Å². The Morgan fingerprint density at radius 1 is 1.38 bits per heavy atom. The monoisotopic (exact) mass is 285 g/mol. The zero-order valence-corrected chi connectivity index (χ0v) is 11.0. The van der Waals surface area contributed by atoms with Crippen molar-refractivity contribution in [1.82, 2.24) is 5.32 Å². The van der Waals surface area contributed by atoms with Gasteiger partial charge in [0.15, 0.2) is 0 Å². The van der Waals surface area contributed by atoms with Gasteiger partial charge in [-0.1, -0.05) is 28.1 Å². The number of carboxylic acid groups (broad SMARTS) is 1. The number of hydrogen-bond acceptors (Lipinski definition) is 2. The number of nitrogens with one attached hydrogen (secondary N) is 1. The maximum atomic E-state index is 10.9. The SMILES string of the molecule is CC(C)(CNCc1ccc(Br)cc1)C(=O)O. The second-order valence-corrected chi connectivity index (χ2v) is 5.33. The van der Waals surface area contributed by atoms with Gasteiger partial charge in [-0.3, -0.25) is 4.79 Å². The molecule has 0 aromatic heterocycles. The van der Waals surface area contributed by atoms with Crippen molar-refractivity contribution in [2.75, 3.05) is 6.54 Å². The molecule has 0 saturated carbocycles. The van der Waals surface area contributed by atoms with Crippen LogP contribution < -0.4 is 5.32 Å². The second kappa shape index (κ2) is 5.46. The summed E-state index contributed by atoms with van der Waals surface area (Å²) in [6, 6.07) is 7.95. The molecule has 0 atom stereocenters. The summed E-state index contributed by atoms with van der Waals surface area (Å²) in [6.07, 6.45) is 0. The van der Waals surface area contributed by atoms with Gasteiger partial charge in [0, 0.05) is 17.6 Å². The highest BCUT2D eigenvalue weighted by molar-refractivity contribution is 9.10. The van der Waals surface area contributed by atoms with Gasteiger partial charge in [-0.25, -0.2) is 0 Å². The standard InChI is InChI=1S/C12H16BrNO2/c1-12(2,11(15)16)8-14-7-9-3-5-10(13)6-4-9/h3-6,14H,7-8H2,1-2H3,(H,15,16). The molecule has 1 aromatic rings. The molecule has 0 unspecified atom stereocenters. The van der Waals surface area contributed by atoms with Gasteiger partial charge in [0.25, 0.3) is 0 Å². The predicted molar refractivity (Wildman–Crippen MR) is 67.3 cm³/mol. The highest BCUT2D eigenvalue weighted by atomic mass is 79.9. The van der Waals surface area contributed by atoms with Crippen molar-refractivity contribution < 1.29 is 9.90 Å². The molecule has 0 amide bonds. The lowest BCUT2D eigenvalue weighted by atomic mass is 9.94. The minimum atomic E-state index is -0.782. The van der Waals surface area contributed by atoms with E-state index in [0.717, 1.165) is 10.0 Å². The Bertz CT molecular complexity index is 360. The van der Waals surface area contributed by atoms with Crippen LogP contribution in [0.3, 0.4) is 0 Å². The molecule has 0 bridgehead atoms. The van der Waals surface area contributed by atoms with Crippen LogP contribution in [0.5, 0.6) is 0 Å². The third kappa shape index (κ3) is 3.94. The minimum absolute atomic E-state index is 0.457. The lowest BCUT2D eigenvalue weighted by Crippen LogP contribution is -2.35. The Morgan fingerprint density at radius 3 is 2.44 bits per heavy atom. The van der Waals surface area contributed by atoms with Crippen LogP contribution in [0.15, 0.2) is 28.7 Å². The fourth-order valence-electron chi connectivity index (χ4n) is 1.20. The number of benzene rings is 1. The van der Waals surface area contributed by atoms with E-state index >= 15 is 0 Å². The molecule has 0 spiro atoms. The Hall–Kier alpha value is -0.870. The third-order valence-electron chi connectivity index (χ3n) is 2.39. The number of aliphatic carboxylic acids is 1. The average molecular weight is 286 g/mol. The Labute approximate surface area is 104 Å². The maximum absolute atomic E-state index is 10.9. The van der Waals surface area contributed by atoms with Crippen molar-refractivity contribution in [2.45, 2.75) is 20.4 Å². The van der Waals surface area contributed by atoms with Crippen molar-refractivity contribution in [2.24, 2.45) is 5.41 Å². The van der Waals surface area contributed by atoms with E-state index in [0.29, 0.717) is 13.1 Å². The van der Waals surface area contributed by atoms with E-state index in [4.69, 9.17) is 5.11 Å². The zero-order chi connectivity index (χ0) is 12.2.